The Balaban J connectivity index is 1.56. The zero-order valence-electron chi connectivity index (χ0n) is 15.3. The topological polar surface area (TPSA) is 88.2 Å². The smallest absolute Gasteiger partial charge is 0.229 e. The second-order valence-corrected chi connectivity index (χ2v) is 10.3. The van der Waals surface area contributed by atoms with Crippen molar-refractivity contribution in [1.82, 2.24) is 9.82 Å². The second-order valence-electron chi connectivity index (χ2n) is 8.17. The number of hydrazine groups is 1. The van der Waals surface area contributed by atoms with Gasteiger partial charge in [-0.05, 0) is 48.4 Å². The fraction of sp³-hybridized carbons (Fsp3) is 0.474. The molecule has 1 aromatic carbocycles. The molecule has 2 N–H and O–H groups in total. The number of benzene rings is 1. The van der Waals surface area contributed by atoms with Crippen LogP contribution in [-0.4, -0.2) is 24.9 Å². The van der Waals surface area contributed by atoms with Gasteiger partial charge >= 0.3 is 0 Å². The molecule has 4 rings (SSSR count). The van der Waals surface area contributed by atoms with Gasteiger partial charge in [0.1, 0.15) is 5.78 Å². The van der Waals surface area contributed by atoms with Crippen LogP contribution in [0.1, 0.15) is 33.1 Å². The number of hydrogen-bond donors (Lipinski definition) is 2. The molecule has 2 aliphatic carbocycles. The number of ketones is 1. The third-order valence-electron chi connectivity index (χ3n) is 6.62. The maximum atomic E-state index is 12.8. The molecule has 0 spiro atoms. The molecule has 144 valence electrons. The highest BCUT2D eigenvalue weighted by Crippen LogP contribution is 2.64. The molecule has 2 atom stereocenters. The highest BCUT2D eigenvalue weighted by atomic mass is 35.5. The summed E-state index contributed by atoms with van der Waals surface area (Å²) in [5.74, 6) is 0.171. The van der Waals surface area contributed by atoms with Crippen LogP contribution < -0.4 is 10.3 Å². The Morgan fingerprint density at radius 2 is 2.07 bits per heavy atom. The number of nitrogens with zero attached hydrogens (tertiary/aromatic N) is 1. The van der Waals surface area contributed by atoms with Crippen LogP contribution in [0.15, 0.2) is 30.5 Å². The van der Waals surface area contributed by atoms with E-state index in [-0.39, 0.29) is 22.9 Å². The monoisotopic (exact) mass is 407 g/mol. The zero-order chi connectivity index (χ0) is 19.4. The van der Waals surface area contributed by atoms with E-state index in [1.54, 1.807) is 30.5 Å². The third-order valence-corrected chi connectivity index (χ3v) is 8.14. The largest absolute Gasteiger partial charge is 0.307 e. The Morgan fingerprint density at radius 3 is 2.74 bits per heavy atom. The molecule has 0 aliphatic heterocycles. The van der Waals surface area contributed by atoms with Crippen LogP contribution in [0.2, 0.25) is 5.02 Å². The number of fused-ring (bicyclic) bond motifs is 3. The van der Waals surface area contributed by atoms with Gasteiger partial charge in [-0.25, -0.2) is 8.42 Å². The van der Waals surface area contributed by atoms with Crippen molar-refractivity contribution < 1.29 is 13.2 Å². The lowest BCUT2D eigenvalue weighted by molar-refractivity contribution is -0.128. The second kappa shape index (κ2) is 6.15. The molecule has 2 aromatic rings. The molecule has 2 aliphatic rings. The van der Waals surface area contributed by atoms with Gasteiger partial charge in [0.25, 0.3) is 0 Å². The number of hydrogen-bond acceptors (Lipinski definition) is 5. The van der Waals surface area contributed by atoms with Gasteiger partial charge in [0.2, 0.25) is 10.0 Å². The minimum absolute atomic E-state index is 0.0816. The molecule has 0 radical (unpaired) electrons. The SMILES string of the molecule is CC1(C)[C@@H]2CC[C@@]1(CS(=O)(=O)NNc1ccnc3cc(Cl)ccc13)C(=O)C2. The molecule has 0 amide bonds. The van der Waals surface area contributed by atoms with E-state index < -0.39 is 15.4 Å². The molecule has 6 nitrogen and oxygen atoms in total. The van der Waals surface area contributed by atoms with Crippen LogP contribution in [-0.2, 0) is 14.8 Å². The number of pyridine rings is 1. The van der Waals surface area contributed by atoms with Gasteiger partial charge in [0.15, 0.2) is 0 Å². The molecule has 0 saturated heterocycles. The lowest BCUT2D eigenvalue weighted by Crippen LogP contribution is -2.46. The Bertz CT molecular complexity index is 1040. The average Bonchev–Trinajstić information content (AvgIpc) is 2.93. The number of anilines is 1. The van der Waals surface area contributed by atoms with Gasteiger partial charge in [0.05, 0.1) is 17.0 Å². The first-order valence-electron chi connectivity index (χ1n) is 8.98. The summed E-state index contributed by atoms with van der Waals surface area (Å²) in [5.41, 5.74) is 2.95. The van der Waals surface area contributed by atoms with Crippen molar-refractivity contribution >= 4 is 44.0 Å². The van der Waals surface area contributed by atoms with Crippen LogP contribution in [0, 0.1) is 16.7 Å². The van der Waals surface area contributed by atoms with E-state index >= 15 is 0 Å². The molecular formula is C19H22ClN3O3S. The predicted octanol–water partition coefficient (Wildman–Crippen LogP) is 3.53. The number of carbonyl (C=O) groups is 1. The van der Waals surface area contributed by atoms with Gasteiger partial charge in [-0.1, -0.05) is 25.4 Å². The lowest BCUT2D eigenvalue weighted by atomic mass is 9.70. The lowest BCUT2D eigenvalue weighted by Gasteiger charge is -2.36. The number of aromatic nitrogens is 1. The highest BCUT2D eigenvalue weighted by Gasteiger charge is 2.65. The van der Waals surface area contributed by atoms with Crippen LogP contribution >= 0.6 is 11.6 Å². The standard InChI is InChI=1S/C19H22ClN3O3S/c1-18(2)12-5-7-19(18,17(24)9-12)11-27(25,26)23-22-15-6-8-21-16-10-13(20)3-4-14(15)16/h3-4,6,8,10,12,23H,5,7,9,11H2,1-2H3,(H,21,22)/t12-,19-/m1/s1. The number of nitrogens with one attached hydrogen (secondary N) is 2. The van der Waals surface area contributed by atoms with Crippen molar-refractivity contribution in [1.29, 1.82) is 0 Å². The Kier molecular flexibility index (Phi) is 4.25. The summed E-state index contributed by atoms with van der Waals surface area (Å²) in [6.07, 6.45) is 3.63. The van der Waals surface area contributed by atoms with Crippen LogP contribution in [0.25, 0.3) is 10.9 Å². The minimum atomic E-state index is -3.72. The van der Waals surface area contributed by atoms with Gasteiger partial charge in [-0.3, -0.25) is 9.78 Å². The van der Waals surface area contributed by atoms with Crippen molar-refractivity contribution in [3.63, 3.8) is 0 Å². The normalized spacial score (nSPS) is 26.6. The number of carbonyl (C=O) groups excluding carboxylic acids is 1. The summed E-state index contributed by atoms with van der Waals surface area (Å²) in [6.45, 7) is 4.05. The van der Waals surface area contributed by atoms with Crippen LogP contribution in [0.3, 0.4) is 0 Å². The summed E-state index contributed by atoms with van der Waals surface area (Å²) < 4.78 is 25.6. The predicted molar refractivity (Wildman–Crippen MR) is 106 cm³/mol. The Hall–Kier alpha value is -1.70. The van der Waals surface area contributed by atoms with Crippen molar-refractivity contribution in [2.75, 3.05) is 11.2 Å². The number of Topliss-reactive ketones (excluding diaryl/α,β-unsaturated/α-hetero) is 1. The summed E-state index contributed by atoms with van der Waals surface area (Å²) in [7, 11) is -3.72. The van der Waals surface area contributed by atoms with Crippen LogP contribution in [0.5, 0.6) is 0 Å². The van der Waals surface area contributed by atoms with E-state index in [4.69, 9.17) is 11.6 Å². The summed E-state index contributed by atoms with van der Waals surface area (Å²) in [6, 6.07) is 6.91. The number of sulfonamides is 1. The highest BCUT2D eigenvalue weighted by molar-refractivity contribution is 7.89. The van der Waals surface area contributed by atoms with Crippen molar-refractivity contribution in [3.8, 4) is 0 Å². The molecular weight excluding hydrogens is 386 g/mol. The fourth-order valence-corrected chi connectivity index (χ4v) is 6.66. The van der Waals surface area contributed by atoms with E-state index in [2.05, 4.69) is 15.2 Å². The molecule has 1 aromatic heterocycles. The van der Waals surface area contributed by atoms with Gasteiger partial charge in [-0.2, -0.15) is 0 Å². The minimum Gasteiger partial charge on any atom is -0.307 e. The van der Waals surface area contributed by atoms with E-state index in [1.165, 1.54) is 0 Å². The summed E-state index contributed by atoms with van der Waals surface area (Å²) in [4.78, 5) is 19.3. The maximum absolute atomic E-state index is 12.8. The van der Waals surface area contributed by atoms with Crippen molar-refractivity contribution in [2.24, 2.45) is 16.7 Å². The Morgan fingerprint density at radius 1 is 1.30 bits per heavy atom. The van der Waals surface area contributed by atoms with E-state index in [1.807, 2.05) is 13.8 Å². The first-order valence-corrected chi connectivity index (χ1v) is 11.0. The third kappa shape index (κ3) is 2.92. The number of halogens is 1. The van der Waals surface area contributed by atoms with Gasteiger partial charge in [0, 0.05) is 28.4 Å². The molecule has 1 heterocycles. The molecule has 2 saturated carbocycles. The maximum Gasteiger partial charge on any atom is 0.229 e. The first kappa shape index (κ1) is 18.7. The molecule has 2 fully saturated rings. The average molecular weight is 408 g/mol. The fourth-order valence-electron chi connectivity index (χ4n) is 4.83. The molecule has 0 unspecified atom stereocenters. The summed E-state index contributed by atoms with van der Waals surface area (Å²) >= 11 is 5.99. The van der Waals surface area contributed by atoms with Gasteiger partial charge < -0.3 is 5.43 Å². The van der Waals surface area contributed by atoms with Crippen molar-refractivity contribution in [2.45, 2.75) is 33.1 Å². The van der Waals surface area contributed by atoms with E-state index in [0.717, 1.165) is 11.8 Å². The van der Waals surface area contributed by atoms with E-state index in [9.17, 15) is 13.2 Å². The van der Waals surface area contributed by atoms with E-state index in [0.29, 0.717) is 29.1 Å². The van der Waals surface area contributed by atoms with Crippen LogP contribution in [0.4, 0.5) is 5.69 Å². The zero-order valence-corrected chi connectivity index (χ0v) is 16.8. The van der Waals surface area contributed by atoms with Gasteiger partial charge in [-0.15, -0.1) is 4.83 Å². The molecule has 8 heteroatoms. The number of rotatable bonds is 5. The Labute approximate surface area is 163 Å². The first-order chi connectivity index (χ1) is 12.6. The quantitative estimate of drug-likeness (QED) is 0.740. The summed E-state index contributed by atoms with van der Waals surface area (Å²) in [5, 5.41) is 1.31. The van der Waals surface area contributed by atoms with Crippen molar-refractivity contribution in [3.05, 3.63) is 35.5 Å². The molecule has 2 bridgehead atoms. The molecule has 27 heavy (non-hydrogen) atoms.